The van der Waals surface area contributed by atoms with E-state index in [1.165, 1.54) is 61.0 Å². The Morgan fingerprint density at radius 3 is 1.37 bits per heavy atom. The van der Waals surface area contributed by atoms with Crippen LogP contribution in [0.3, 0.4) is 0 Å². The highest BCUT2D eigenvalue weighted by Gasteiger charge is 2.26. The first-order chi connectivity index (χ1) is 20.1. The molecule has 0 fully saturated rings. The van der Waals surface area contributed by atoms with Crippen molar-refractivity contribution in [3.8, 4) is 0 Å². The molecule has 0 radical (unpaired) electrons. The van der Waals surface area contributed by atoms with Crippen LogP contribution in [0.1, 0.15) is 16.7 Å². The van der Waals surface area contributed by atoms with Crippen molar-refractivity contribution in [1.29, 1.82) is 0 Å². The minimum atomic E-state index is 1.15. The van der Waals surface area contributed by atoms with Crippen LogP contribution >= 0.6 is 22.7 Å². The van der Waals surface area contributed by atoms with Gasteiger partial charge in [-0.05, 0) is 97.3 Å². The van der Waals surface area contributed by atoms with Crippen LogP contribution in [0.5, 0.6) is 0 Å². The quantitative estimate of drug-likeness (QED) is 0.146. The van der Waals surface area contributed by atoms with Gasteiger partial charge in [-0.2, -0.15) is 22.7 Å². The lowest BCUT2D eigenvalue weighted by molar-refractivity contribution is 1.29. The summed E-state index contributed by atoms with van der Waals surface area (Å²) in [4.78, 5) is 4.88. The summed E-state index contributed by atoms with van der Waals surface area (Å²) in [5.74, 6) is 0. The van der Waals surface area contributed by atoms with Crippen LogP contribution in [0.4, 0.5) is 34.1 Å². The van der Waals surface area contributed by atoms with Crippen LogP contribution in [0.25, 0.3) is 21.5 Å². The molecule has 0 saturated heterocycles. The molecule has 0 bridgehead atoms. The smallest absolute Gasteiger partial charge is 0.0620 e. The second kappa shape index (κ2) is 10.5. The van der Waals surface area contributed by atoms with Crippen LogP contribution in [0.15, 0.2) is 125 Å². The largest absolute Gasteiger partial charge is 0.308 e. The van der Waals surface area contributed by atoms with E-state index in [1.807, 2.05) is 0 Å². The van der Waals surface area contributed by atoms with E-state index in [4.69, 9.17) is 0 Å². The number of rotatable bonds is 6. The number of hydrogen-bond acceptors (Lipinski definition) is 4. The highest BCUT2D eigenvalue weighted by atomic mass is 32.1. The third-order valence-corrected chi connectivity index (χ3v) is 9.18. The molecule has 0 aliphatic carbocycles. The molecule has 5 aromatic carbocycles. The molecule has 0 aliphatic heterocycles. The van der Waals surface area contributed by atoms with Gasteiger partial charge < -0.3 is 9.80 Å². The van der Waals surface area contributed by atoms with E-state index in [1.54, 1.807) is 22.7 Å². The van der Waals surface area contributed by atoms with Gasteiger partial charge in [-0.15, -0.1) is 0 Å². The van der Waals surface area contributed by atoms with Crippen molar-refractivity contribution in [2.75, 3.05) is 9.80 Å². The molecule has 0 aliphatic rings. The maximum atomic E-state index is 2.44. The normalized spacial score (nSPS) is 11.3. The molecule has 4 heteroatoms. The van der Waals surface area contributed by atoms with Gasteiger partial charge in [0, 0.05) is 43.7 Å². The Kier molecular flexibility index (Phi) is 6.58. The molecule has 7 rings (SSSR count). The lowest BCUT2D eigenvalue weighted by Crippen LogP contribution is -2.14. The van der Waals surface area contributed by atoms with Crippen molar-refractivity contribution in [3.05, 3.63) is 141 Å². The SMILES string of the molecule is Cc1ccc2c(N(c3ccccc3)c3ccsc3)c3cc(C)c(C)cc3c(N(c3ccccc3)c3ccsc3)c2c1. The Bertz CT molecular complexity index is 1960. The Morgan fingerprint density at radius 2 is 0.902 bits per heavy atom. The molecule has 200 valence electrons. The summed E-state index contributed by atoms with van der Waals surface area (Å²) in [6.07, 6.45) is 0. The first-order valence-electron chi connectivity index (χ1n) is 13.8. The lowest BCUT2D eigenvalue weighted by Gasteiger charge is -2.32. The van der Waals surface area contributed by atoms with Gasteiger partial charge in [0.2, 0.25) is 0 Å². The lowest BCUT2D eigenvalue weighted by atomic mass is 9.92. The van der Waals surface area contributed by atoms with Crippen molar-refractivity contribution in [1.82, 2.24) is 0 Å². The highest BCUT2D eigenvalue weighted by molar-refractivity contribution is 7.08. The minimum Gasteiger partial charge on any atom is -0.308 e. The molecule has 0 unspecified atom stereocenters. The molecular formula is C37H30N2S2. The third kappa shape index (κ3) is 4.50. The van der Waals surface area contributed by atoms with Crippen molar-refractivity contribution in [3.63, 3.8) is 0 Å². The molecule has 2 aromatic heterocycles. The van der Waals surface area contributed by atoms with Crippen molar-refractivity contribution < 1.29 is 0 Å². The summed E-state index contributed by atoms with van der Waals surface area (Å²) in [5.41, 5.74) is 10.9. The molecule has 0 atom stereocenters. The van der Waals surface area contributed by atoms with E-state index in [-0.39, 0.29) is 0 Å². The number of benzene rings is 5. The summed E-state index contributed by atoms with van der Waals surface area (Å²) in [6.45, 7) is 6.64. The number of nitrogens with zero attached hydrogens (tertiary/aromatic N) is 2. The van der Waals surface area contributed by atoms with E-state index < -0.39 is 0 Å². The monoisotopic (exact) mass is 566 g/mol. The number of hydrogen-bond donors (Lipinski definition) is 0. The standard InChI is InChI=1S/C37H30N2S2/c1-25-14-15-32-33(20-25)37(39(31-17-19-41-24-31)29-12-8-5-9-13-29)35-22-27(3)26(2)21-34(35)36(32)38(30-16-18-40-23-30)28-10-6-4-7-11-28/h4-24H,1-3H3. The Balaban J connectivity index is 1.68. The summed E-state index contributed by atoms with van der Waals surface area (Å²) in [5, 5.41) is 13.8. The summed E-state index contributed by atoms with van der Waals surface area (Å²) < 4.78 is 0. The fourth-order valence-electron chi connectivity index (χ4n) is 5.78. The second-order valence-electron chi connectivity index (χ2n) is 10.5. The maximum Gasteiger partial charge on any atom is 0.0620 e. The van der Waals surface area contributed by atoms with Crippen molar-refractivity contribution in [2.24, 2.45) is 0 Å². The predicted octanol–water partition coefficient (Wildman–Crippen LogP) is 12.0. The third-order valence-electron chi connectivity index (χ3n) is 7.83. The van der Waals surface area contributed by atoms with Crippen LogP contribution in [-0.2, 0) is 0 Å². The highest BCUT2D eigenvalue weighted by Crippen LogP contribution is 2.51. The average molecular weight is 567 g/mol. The molecule has 0 amide bonds. The fraction of sp³-hybridized carbons (Fsp3) is 0.0811. The summed E-state index contributed by atoms with van der Waals surface area (Å²) in [7, 11) is 0. The molecular weight excluding hydrogens is 537 g/mol. The van der Waals surface area contributed by atoms with Crippen LogP contribution in [0, 0.1) is 20.8 Å². The van der Waals surface area contributed by atoms with E-state index in [2.05, 4.69) is 155 Å². The van der Waals surface area contributed by atoms with Crippen LogP contribution in [0.2, 0.25) is 0 Å². The molecule has 0 N–H and O–H groups in total. The van der Waals surface area contributed by atoms with Gasteiger partial charge in [0.05, 0.1) is 22.7 Å². The zero-order valence-electron chi connectivity index (χ0n) is 23.3. The molecule has 2 nitrogen and oxygen atoms in total. The number of fused-ring (bicyclic) bond motifs is 2. The van der Waals surface area contributed by atoms with E-state index in [0.717, 1.165) is 11.4 Å². The number of thiophene rings is 2. The van der Waals surface area contributed by atoms with Crippen molar-refractivity contribution in [2.45, 2.75) is 20.8 Å². The van der Waals surface area contributed by atoms with Gasteiger partial charge >= 0.3 is 0 Å². The van der Waals surface area contributed by atoms with Crippen molar-refractivity contribution >= 4 is 78.3 Å². The van der Waals surface area contributed by atoms with Crippen LogP contribution < -0.4 is 9.80 Å². The zero-order chi connectivity index (χ0) is 27.9. The topological polar surface area (TPSA) is 6.48 Å². The maximum absolute atomic E-state index is 2.44. The number of anilines is 6. The van der Waals surface area contributed by atoms with Gasteiger partial charge in [-0.25, -0.2) is 0 Å². The number of aryl methyl sites for hydroxylation is 3. The number of para-hydroxylation sites is 2. The second-order valence-corrected chi connectivity index (χ2v) is 12.1. The molecule has 7 aromatic rings. The Morgan fingerprint density at radius 1 is 0.439 bits per heavy atom. The average Bonchev–Trinajstić information content (AvgIpc) is 3.72. The molecule has 41 heavy (non-hydrogen) atoms. The minimum absolute atomic E-state index is 1.15. The Hall–Kier alpha value is -4.38. The van der Waals surface area contributed by atoms with Crippen LogP contribution in [-0.4, -0.2) is 0 Å². The first-order valence-corrected chi connectivity index (χ1v) is 15.7. The zero-order valence-corrected chi connectivity index (χ0v) is 25.0. The van der Waals surface area contributed by atoms with Gasteiger partial charge in [-0.3, -0.25) is 0 Å². The van der Waals surface area contributed by atoms with Gasteiger partial charge in [0.25, 0.3) is 0 Å². The van der Waals surface area contributed by atoms with E-state index in [0.29, 0.717) is 0 Å². The fourth-order valence-corrected chi connectivity index (χ4v) is 7.02. The Labute approximate surface area is 249 Å². The summed E-state index contributed by atoms with van der Waals surface area (Å²) >= 11 is 3.46. The summed E-state index contributed by atoms with van der Waals surface area (Å²) in [6, 6.07) is 37.7. The van der Waals surface area contributed by atoms with Gasteiger partial charge in [0.1, 0.15) is 0 Å². The molecule has 0 saturated carbocycles. The van der Waals surface area contributed by atoms with Gasteiger partial charge in [-0.1, -0.05) is 54.1 Å². The van der Waals surface area contributed by atoms with Gasteiger partial charge in [0.15, 0.2) is 0 Å². The molecule has 0 spiro atoms. The predicted molar refractivity (Wildman–Crippen MR) is 181 cm³/mol. The first kappa shape index (κ1) is 25.6. The molecule has 2 heterocycles. The van der Waals surface area contributed by atoms with E-state index >= 15 is 0 Å². The van der Waals surface area contributed by atoms with E-state index in [9.17, 15) is 0 Å².